The van der Waals surface area contributed by atoms with Crippen molar-refractivity contribution in [1.29, 1.82) is 0 Å². The lowest BCUT2D eigenvalue weighted by molar-refractivity contribution is -0.144. The van der Waals surface area contributed by atoms with E-state index in [-0.39, 0.29) is 18.2 Å². The summed E-state index contributed by atoms with van der Waals surface area (Å²) in [5.41, 5.74) is 0.389. The molecule has 2 rings (SSSR count). The van der Waals surface area contributed by atoms with Gasteiger partial charge in [-0.05, 0) is 44.5 Å². The second-order valence-corrected chi connectivity index (χ2v) is 6.72. The summed E-state index contributed by atoms with van der Waals surface area (Å²) in [4.78, 5) is 29.4. The van der Waals surface area contributed by atoms with Crippen molar-refractivity contribution in [2.24, 2.45) is 0 Å². The summed E-state index contributed by atoms with van der Waals surface area (Å²) in [6.45, 7) is 6.58. The zero-order valence-corrected chi connectivity index (χ0v) is 14.4. The van der Waals surface area contributed by atoms with Gasteiger partial charge in [0, 0.05) is 44.4 Å². The third kappa shape index (κ3) is 6.02. The number of ether oxygens (including phenoxy) is 2. The van der Waals surface area contributed by atoms with Gasteiger partial charge in [-0.15, -0.1) is 0 Å². The van der Waals surface area contributed by atoms with Crippen LogP contribution < -0.4 is 0 Å². The first-order chi connectivity index (χ1) is 11.3. The number of carbonyl (C=O) groups excluding carboxylic acids is 2. The Morgan fingerprint density at radius 3 is 2.42 bits per heavy atom. The van der Waals surface area contributed by atoms with Crippen molar-refractivity contribution in [2.45, 2.75) is 45.3 Å². The van der Waals surface area contributed by atoms with Gasteiger partial charge < -0.3 is 14.4 Å². The molecule has 0 aliphatic carbocycles. The fourth-order valence-corrected chi connectivity index (χ4v) is 2.33. The lowest BCUT2D eigenvalue weighted by Crippen LogP contribution is -2.43. The topological polar surface area (TPSA) is 68.7 Å². The summed E-state index contributed by atoms with van der Waals surface area (Å²) in [6, 6.07) is 3.62. The lowest BCUT2D eigenvalue weighted by atomic mass is 10.1. The number of esters is 1. The van der Waals surface area contributed by atoms with Crippen molar-refractivity contribution < 1.29 is 19.1 Å². The van der Waals surface area contributed by atoms with Gasteiger partial charge >= 0.3 is 12.1 Å². The van der Waals surface area contributed by atoms with Crippen LogP contribution >= 0.6 is 0 Å². The number of likely N-dealkylation sites (tertiary alicyclic amines) is 1. The Balaban J connectivity index is 1.75. The van der Waals surface area contributed by atoms with Crippen molar-refractivity contribution in [3.8, 4) is 0 Å². The van der Waals surface area contributed by atoms with Gasteiger partial charge in [0.1, 0.15) is 11.7 Å². The molecular weight excluding hydrogens is 308 g/mol. The summed E-state index contributed by atoms with van der Waals surface area (Å²) in [5, 5.41) is 0. The van der Waals surface area contributed by atoms with Crippen LogP contribution in [0.2, 0.25) is 0 Å². The molecule has 0 bridgehead atoms. The first-order valence-electron chi connectivity index (χ1n) is 8.10. The lowest BCUT2D eigenvalue weighted by Gasteiger charge is -2.33. The van der Waals surface area contributed by atoms with Crippen molar-refractivity contribution in [2.75, 3.05) is 13.1 Å². The second kappa shape index (κ2) is 7.95. The van der Waals surface area contributed by atoms with Crippen molar-refractivity contribution >= 4 is 18.1 Å². The molecule has 24 heavy (non-hydrogen) atoms. The molecule has 1 saturated heterocycles. The van der Waals surface area contributed by atoms with Gasteiger partial charge in [-0.2, -0.15) is 0 Å². The number of hydrogen-bond acceptors (Lipinski definition) is 5. The summed E-state index contributed by atoms with van der Waals surface area (Å²) >= 11 is 0. The standard InChI is InChI=1S/C18H24N2O4/c1-18(2,3)24-17(22)20-12-8-15(9-13-20)23-16(21)5-4-14-6-10-19-11-7-14/h4-7,10-11,15H,8-9,12-13H2,1-3H3. The Morgan fingerprint density at radius 2 is 1.83 bits per heavy atom. The van der Waals surface area contributed by atoms with Crippen LogP contribution in [-0.2, 0) is 14.3 Å². The molecule has 0 N–H and O–H groups in total. The van der Waals surface area contributed by atoms with E-state index >= 15 is 0 Å². The minimum Gasteiger partial charge on any atom is -0.459 e. The molecule has 0 unspecified atom stereocenters. The minimum absolute atomic E-state index is 0.168. The Labute approximate surface area is 142 Å². The van der Waals surface area contributed by atoms with Gasteiger partial charge in [0.05, 0.1) is 0 Å². The molecule has 0 spiro atoms. The number of piperidine rings is 1. The monoisotopic (exact) mass is 332 g/mol. The quantitative estimate of drug-likeness (QED) is 0.628. The highest BCUT2D eigenvalue weighted by Gasteiger charge is 2.28. The average Bonchev–Trinajstić information content (AvgIpc) is 2.53. The van der Waals surface area contributed by atoms with Crippen LogP contribution in [0.1, 0.15) is 39.2 Å². The van der Waals surface area contributed by atoms with Crippen molar-refractivity contribution in [3.63, 3.8) is 0 Å². The largest absolute Gasteiger partial charge is 0.459 e. The van der Waals surface area contributed by atoms with E-state index in [1.165, 1.54) is 6.08 Å². The molecule has 1 fully saturated rings. The molecule has 6 heteroatoms. The second-order valence-electron chi connectivity index (χ2n) is 6.72. The van der Waals surface area contributed by atoms with E-state index in [0.29, 0.717) is 25.9 Å². The number of pyridine rings is 1. The number of hydrogen-bond donors (Lipinski definition) is 0. The first-order valence-corrected chi connectivity index (χ1v) is 8.10. The van der Waals surface area contributed by atoms with Gasteiger partial charge in [-0.1, -0.05) is 0 Å². The minimum atomic E-state index is -0.502. The fourth-order valence-electron chi connectivity index (χ4n) is 2.33. The highest BCUT2D eigenvalue weighted by atomic mass is 16.6. The number of aromatic nitrogens is 1. The third-order valence-electron chi connectivity index (χ3n) is 3.49. The third-order valence-corrected chi connectivity index (χ3v) is 3.49. The highest BCUT2D eigenvalue weighted by Crippen LogP contribution is 2.17. The van der Waals surface area contributed by atoms with Crippen LogP contribution in [0.4, 0.5) is 4.79 Å². The molecular formula is C18H24N2O4. The maximum atomic E-state index is 12.0. The van der Waals surface area contributed by atoms with E-state index in [0.717, 1.165) is 5.56 Å². The number of nitrogens with zero attached hydrogens (tertiary/aromatic N) is 2. The summed E-state index contributed by atoms with van der Waals surface area (Å²) in [7, 11) is 0. The molecule has 1 aliphatic heterocycles. The molecule has 130 valence electrons. The van der Waals surface area contributed by atoms with E-state index in [2.05, 4.69) is 4.98 Å². The molecule has 1 amide bonds. The molecule has 1 aromatic heterocycles. The first kappa shape index (κ1) is 18.0. The zero-order chi connectivity index (χ0) is 17.6. The maximum Gasteiger partial charge on any atom is 0.410 e. The predicted molar refractivity (Wildman–Crippen MR) is 90.2 cm³/mol. The summed E-state index contributed by atoms with van der Waals surface area (Å²) in [6.07, 6.45) is 7.19. The van der Waals surface area contributed by atoms with E-state index in [4.69, 9.17) is 9.47 Å². The van der Waals surface area contributed by atoms with Gasteiger partial charge in [0.2, 0.25) is 0 Å². The molecule has 1 aromatic rings. The van der Waals surface area contributed by atoms with Crippen LogP contribution in [0.5, 0.6) is 0 Å². The molecule has 0 radical (unpaired) electrons. The van der Waals surface area contributed by atoms with Gasteiger partial charge in [0.25, 0.3) is 0 Å². The Morgan fingerprint density at radius 1 is 1.21 bits per heavy atom. The molecule has 2 heterocycles. The van der Waals surface area contributed by atoms with E-state index in [1.54, 1.807) is 23.4 Å². The number of carbonyl (C=O) groups is 2. The molecule has 0 saturated carbocycles. The van der Waals surface area contributed by atoms with E-state index in [9.17, 15) is 9.59 Å². The van der Waals surface area contributed by atoms with Gasteiger partial charge in [0.15, 0.2) is 0 Å². The molecule has 0 atom stereocenters. The molecule has 0 aromatic carbocycles. The van der Waals surface area contributed by atoms with Crippen LogP contribution in [0.15, 0.2) is 30.6 Å². The maximum absolute atomic E-state index is 12.0. The Hall–Kier alpha value is -2.37. The number of amides is 1. The SMILES string of the molecule is CC(C)(C)OC(=O)N1CCC(OC(=O)C=Cc2ccncc2)CC1. The average molecular weight is 332 g/mol. The Bertz CT molecular complexity index is 585. The van der Waals surface area contributed by atoms with Gasteiger partial charge in [-0.3, -0.25) is 4.98 Å². The smallest absolute Gasteiger partial charge is 0.410 e. The van der Waals surface area contributed by atoms with Crippen molar-refractivity contribution in [1.82, 2.24) is 9.88 Å². The normalized spacial score (nSPS) is 16.2. The van der Waals surface area contributed by atoms with E-state index in [1.807, 2.05) is 32.9 Å². The molecule has 1 aliphatic rings. The fraction of sp³-hybridized carbons (Fsp3) is 0.500. The van der Waals surface area contributed by atoms with Crippen LogP contribution in [0.25, 0.3) is 6.08 Å². The predicted octanol–water partition coefficient (Wildman–Crippen LogP) is 3.04. The summed E-state index contributed by atoms with van der Waals surface area (Å²) in [5.74, 6) is -0.373. The van der Waals surface area contributed by atoms with Crippen molar-refractivity contribution in [3.05, 3.63) is 36.2 Å². The van der Waals surface area contributed by atoms with Crippen LogP contribution in [-0.4, -0.2) is 46.7 Å². The van der Waals surface area contributed by atoms with Crippen LogP contribution in [0, 0.1) is 0 Å². The summed E-state index contributed by atoms with van der Waals surface area (Å²) < 4.78 is 10.8. The number of rotatable bonds is 3. The van der Waals surface area contributed by atoms with Gasteiger partial charge in [-0.25, -0.2) is 9.59 Å². The Kier molecular flexibility index (Phi) is 5.95. The van der Waals surface area contributed by atoms with Crippen LogP contribution in [0.3, 0.4) is 0 Å². The zero-order valence-electron chi connectivity index (χ0n) is 14.4. The van der Waals surface area contributed by atoms with E-state index < -0.39 is 5.60 Å². The molecule has 6 nitrogen and oxygen atoms in total. The highest BCUT2D eigenvalue weighted by molar-refractivity contribution is 5.87.